The summed E-state index contributed by atoms with van der Waals surface area (Å²) in [6.07, 6.45) is 2.22. The number of hydrogen-bond acceptors (Lipinski definition) is 7. The molecular formula is C14H12N4O3S. The molecule has 1 aliphatic rings. The minimum atomic E-state index is -0.335. The molecule has 1 amide bonds. The van der Waals surface area contributed by atoms with Gasteiger partial charge in [0.15, 0.2) is 11.5 Å². The lowest BCUT2D eigenvalue weighted by atomic mass is 10.3. The van der Waals surface area contributed by atoms with Crippen molar-refractivity contribution in [3.63, 3.8) is 0 Å². The number of hydrogen-bond donors (Lipinski definition) is 1. The summed E-state index contributed by atoms with van der Waals surface area (Å²) in [5, 5.41) is 12.4. The largest absolute Gasteiger partial charge is 0.361 e. The Kier molecular flexibility index (Phi) is 3.04. The maximum absolute atomic E-state index is 12.1. The average molecular weight is 316 g/mol. The highest BCUT2D eigenvalue weighted by molar-refractivity contribution is 7.14. The molecule has 0 aromatic carbocycles. The van der Waals surface area contributed by atoms with Gasteiger partial charge in [0.2, 0.25) is 0 Å². The molecule has 0 bridgehead atoms. The SMILES string of the molecule is Cc1cc(C(=O)Nc2ccsc2-c2nc(C3CC3)no2)no1. The van der Waals surface area contributed by atoms with Crippen LogP contribution in [0.5, 0.6) is 0 Å². The van der Waals surface area contributed by atoms with Crippen molar-refractivity contribution < 1.29 is 13.8 Å². The van der Waals surface area contributed by atoms with Gasteiger partial charge in [-0.2, -0.15) is 4.98 Å². The van der Waals surface area contributed by atoms with Crippen LogP contribution in [0.25, 0.3) is 10.8 Å². The fourth-order valence-electron chi connectivity index (χ4n) is 2.07. The monoisotopic (exact) mass is 316 g/mol. The van der Waals surface area contributed by atoms with Crippen molar-refractivity contribution in [2.75, 3.05) is 5.32 Å². The topological polar surface area (TPSA) is 94.1 Å². The van der Waals surface area contributed by atoms with E-state index >= 15 is 0 Å². The van der Waals surface area contributed by atoms with E-state index in [1.54, 1.807) is 19.1 Å². The van der Waals surface area contributed by atoms with Crippen LogP contribution < -0.4 is 5.32 Å². The predicted molar refractivity (Wildman–Crippen MR) is 78.8 cm³/mol. The molecule has 1 fully saturated rings. The molecule has 3 aromatic heterocycles. The summed E-state index contributed by atoms with van der Waals surface area (Å²) in [6.45, 7) is 1.73. The number of nitrogens with zero attached hydrogens (tertiary/aromatic N) is 3. The van der Waals surface area contributed by atoms with Gasteiger partial charge >= 0.3 is 0 Å². The lowest BCUT2D eigenvalue weighted by molar-refractivity contribution is 0.101. The smallest absolute Gasteiger partial charge is 0.277 e. The number of carbonyl (C=O) groups is 1. The Bertz CT molecular complexity index is 831. The van der Waals surface area contributed by atoms with Gasteiger partial charge in [-0.15, -0.1) is 11.3 Å². The van der Waals surface area contributed by atoms with Crippen molar-refractivity contribution in [2.45, 2.75) is 25.7 Å². The van der Waals surface area contributed by atoms with Crippen molar-refractivity contribution in [2.24, 2.45) is 0 Å². The molecule has 4 rings (SSSR count). The summed E-state index contributed by atoms with van der Waals surface area (Å²) in [5.41, 5.74) is 0.862. The maximum atomic E-state index is 12.1. The number of carbonyl (C=O) groups excluding carboxylic acids is 1. The van der Waals surface area contributed by atoms with Gasteiger partial charge in [0, 0.05) is 12.0 Å². The molecule has 22 heavy (non-hydrogen) atoms. The van der Waals surface area contributed by atoms with Crippen molar-refractivity contribution >= 4 is 22.9 Å². The summed E-state index contributed by atoms with van der Waals surface area (Å²) in [7, 11) is 0. The van der Waals surface area contributed by atoms with Crippen LogP contribution in [0.3, 0.4) is 0 Å². The lowest BCUT2D eigenvalue weighted by Crippen LogP contribution is -2.12. The number of rotatable bonds is 4. The number of anilines is 1. The zero-order valence-corrected chi connectivity index (χ0v) is 12.5. The number of aryl methyl sites for hydroxylation is 1. The van der Waals surface area contributed by atoms with Crippen LogP contribution in [0, 0.1) is 6.92 Å². The zero-order valence-electron chi connectivity index (χ0n) is 11.7. The molecule has 0 atom stereocenters. The molecule has 3 aromatic rings. The summed E-state index contributed by atoms with van der Waals surface area (Å²) >= 11 is 1.44. The van der Waals surface area contributed by atoms with Gasteiger partial charge in [-0.1, -0.05) is 10.3 Å². The lowest BCUT2D eigenvalue weighted by Gasteiger charge is -2.01. The molecule has 3 heterocycles. The average Bonchev–Trinajstić information content (AvgIpc) is 2.92. The fraction of sp³-hybridized carbons (Fsp3) is 0.286. The van der Waals surface area contributed by atoms with E-state index in [1.807, 2.05) is 5.38 Å². The number of thiophene rings is 1. The van der Waals surface area contributed by atoms with E-state index in [-0.39, 0.29) is 11.6 Å². The van der Waals surface area contributed by atoms with Crippen molar-refractivity contribution in [3.05, 3.63) is 34.8 Å². The van der Waals surface area contributed by atoms with Crippen LogP contribution in [0.2, 0.25) is 0 Å². The molecule has 1 N–H and O–H groups in total. The van der Waals surface area contributed by atoms with Crippen LogP contribution in [0.4, 0.5) is 5.69 Å². The first-order valence-corrected chi connectivity index (χ1v) is 7.75. The normalized spacial score (nSPS) is 14.2. The summed E-state index contributed by atoms with van der Waals surface area (Å²) in [4.78, 5) is 17.3. The minimum Gasteiger partial charge on any atom is -0.361 e. The van der Waals surface area contributed by atoms with Gasteiger partial charge in [0.05, 0.1) is 5.69 Å². The molecule has 0 saturated heterocycles. The van der Waals surface area contributed by atoms with E-state index in [0.29, 0.717) is 23.3 Å². The molecule has 0 aliphatic heterocycles. The van der Waals surface area contributed by atoms with E-state index in [1.165, 1.54) is 11.3 Å². The highest BCUT2D eigenvalue weighted by atomic mass is 32.1. The Morgan fingerprint density at radius 1 is 1.36 bits per heavy atom. The van der Waals surface area contributed by atoms with Gasteiger partial charge < -0.3 is 14.4 Å². The highest BCUT2D eigenvalue weighted by Crippen LogP contribution is 2.40. The zero-order chi connectivity index (χ0) is 15.1. The molecule has 1 aliphatic carbocycles. The molecule has 1 saturated carbocycles. The molecule has 7 nitrogen and oxygen atoms in total. The predicted octanol–water partition coefficient (Wildman–Crippen LogP) is 3.22. The first-order valence-electron chi connectivity index (χ1n) is 6.87. The van der Waals surface area contributed by atoms with Crippen LogP contribution in [0.1, 0.15) is 40.8 Å². The second-order valence-corrected chi connectivity index (χ2v) is 6.09. The fourth-order valence-corrected chi connectivity index (χ4v) is 2.84. The highest BCUT2D eigenvalue weighted by Gasteiger charge is 2.29. The van der Waals surface area contributed by atoms with Gasteiger partial charge in [0.25, 0.3) is 11.8 Å². The third-order valence-corrected chi connectivity index (χ3v) is 4.25. The number of aromatic nitrogens is 3. The van der Waals surface area contributed by atoms with E-state index in [4.69, 9.17) is 9.05 Å². The maximum Gasteiger partial charge on any atom is 0.277 e. The van der Waals surface area contributed by atoms with Crippen LogP contribution in [-0.2, 0) is 0 Å². The van der Waals surface area contributed by atoms with E-state index in [9.17, 15) is 4.79 Å². The molecule has 8 heteroatoms. The first-order chi connectivity index (χ1) is 10.7. The molecule has 0 spiro atoms. The second-order valence-electron chi connectivity index (χ2n) is 5.17. The quantitative estimate of drug-likeness (QED) is 0.794. The standard InChI is InChI=1S/C14H12N4O3S/c1-7-6-10(17-20-7)13(19)15-9-4-5-22-11(9)14-16-12(18-21-14)8-2-3-8/h4-6,8H,2-3H2,1H3,(H,15,19). The summed E-state index contributed by atoms with van der Waals surface area (Å²) in [6, 6.07) is 3.38. The van der Waals surface area contributed by atoms with E-state index in [2.05, 4.69) is 20.6 Å². The third-order valence-electron chi connectivity index (χ3n) is 3.35. The Morgan fingerprint density at radius 2 is 2.23 bits per heavy atom. The Hall–Kier alpha value is -2.48. The van der Waals surface area contributed by atoms with E-state index in [0.717, 1.165) is 23.5 Å². The molecular weight excluding hydrogens is 304 g/mol. The third kappa shape index (κ3) is 2.41. The van der Waals surface area contributed by atoms with Crippen LogP contribution >= 0.6 is 11.3 Å². The van der Waals surface area contributed by atoms with E-state index < -0.39 is 0 Å². The number of nitrogens with one attached hydrogen (secondary N) is 1. The minimum absolute atomic E-state index is 0.235. The van der Waals surface area contributed by atoms with Crippen molar-refractivity contribution in [3.8, 4) is 10.8 Å². The Balaban J connectivity index is 1.57. The van der Waals surface area contributed by atoms with Crippen molar-refractivity contribution in [1.29, 1.82) is 0 Å². The molecule has 0 unspecified atom stereocenters. The van der Waals surface area contributed by atoms with Crippen LogP contribution in [0.15, 0.2) is 26.6 Å². The second kappa shape index (κ2) is 5.06. The van der Waals surface area contributed by atoms with Gasteiger partial charge in [-0.3, -0.25) is 4.79 Å². The van der Waals surface area contributed by atoms with Gasteiger partial charge in [-0.05, 0) is 31.2 Å². The summed E-state index contributed by atoms with van der Waals surface area (Å²) < 4.78 is 10.2. The molecule has 112 valence electrons. The van der Waals surface area contributed by atoms with Gasteiger partial charge in [0.1, 0.15) is 10.6 Å². The Labute approximate surface area is 129 Å². The molecule has 0 radical (unpaired) electrons. The van der Waals surface area contributed by atoms with Crippen molar-refractivity contribution in [1.82, 2.24) is 15.3 Å². The summed E-state index contributed by atoms with van der Waals surface area (Å²) in [5.74, 6) is 1.85. The van der Waals surface area contributed by atoms with Crippen LogP contribution in [-0.4, -0.2) is 21.2 Å². The number of amides is 1. The Morgan fingerprint density at radius 3 is 2.95 bits per heavy atom. The first kappa shape index (κ1) is 13.2. The van der Waals surface area contributed by atoms with Gasteiger partial charge in [-0.25, -0.2) is 0 Å².